The molecule has 0 aromatic rings. The highest BCUT2D eigenvalue weighted by Gasteiger charge is 2.53. The van der Waals surface area contributed by atoms with Gasteiger partial charge in [-0.1, -0.05) is 6.08 Å². The van der Waals surface area contributed by atoms with Crippen molar-refractivity contribution in [1.29, 1.82) is 0 Å². The lowest BCUT2D eigenvalue weighted by Gasteiger charge is -2.27. The van der Waals surface area contributed by atoms with Gasteiger partial charge in [-0.25, -0.2) is 14.4 Å². The maximum atomic E-state index is 12.2. The molecule has 0 fully saturated rings. The summed E-state index contributed by atoms with van der Waals surface area (Å²) in [6.45, 7) is 19.1. The summed E-state index contributed by atoms with van der Waals surface area (Å²) in [5, 5.41) is 0. The molecule has 0 N–H and O–H groups in total. The van der Waals surface area contributed by atoms with Crippen LogP contribution in [0.15, 0.2) is 49.7 Å². The van der Waals surface area contributed by atoms with Gasteiger partial charge in [0.1, 0.15) is 0 Å². The highest BCUT2D eigenvalue weighted by atomic mass is 28.4. The molecule has 0 aliphatic heterocycles. The van der Waals surface area contributed by atoms with Gasteiger partial charge in [-0.05, 0) is 40.5 Å². The maximum absolute atomic E-state index is 12.2. The van der Waals surface area contributed by atoms with Crippen LogP contribution in [0, 0.1) is 0 Å². The molecule has 0 amide bonds. The van der Waals surface area contributed by atoms with E-state index < -0.39 is 26.7 Å². The topological polar surface area (TPSA) is 107 Å². The van der Waals surface area contributed by atoms with E-state index in [4.69, 9.17) is 27.5 Å². The zero-order valence-corrected chi connectivity index (χ0v) is 17.4. The predicted molar refractivity (Wildman–Crippen MR) is 101 cm³/mol. The Morgan fingerprint density at radius 2 is 1.00 bits per heavy atom. The van der Waals surface area contributed by atoms with Gasteiger partial charge in [0.05, 0.1) is 25.9 Å². The fourth-order valence-electron chi connectivity index (χ4n) is 1.66. The number of carbonyl (C=O) groups is 3. The molecule has 0 saturated carbocycles. The van der Waals surface area contributed by atoms with Crippen molar-refractivity contribution in [3.63, 3.8) is 0 Å². The average Bonchev–Trinajstić information content (AvgIpc) is 2.62. The Balaban J connectivity index is 5.78. The lowest BCUT2D eigenvalue weighted by Crippen LogP contribution is -2.50. The third kappa shape index (κ3) is 8.12. The van der Waals surface area contributed by atoms with Crippen LogP contribution in [-0.4, -0.2) is 46.5 Å². The second-order valence-electron chi connectivity index (χ2n) is 4.91. The Bertz CT molecular complexity index is 560. The Hall–Kier alpha value is -3.01. The van der Waals surface area contributed by atoms with Crippen molar-refractivity contribution in [3.05, 3.63) is 49.7 Å². The van der Waals surface area contributed by atoms with Gasteiger partial charge in [0.2, 0.25) is 0 Å². The van der Waals surface area contributed by atoms with Gasteiger partial charge in [-0.3, -0.25) is 0 Å². The molecule has 0 aliphatic carbocycles. The van der Waals surface area contributed by atoms with Gasteiger partial charge in [0, 0.05) is 0 Å². The molecule has 0 radical (unpaired) electrons. The molecule has 0 aromatic carbocycles. The van der Waals surface area contributed by atoms with Crippen molar-refractivity contribution in [2.24, 2.45) is 0 Å². The largest absolute Gasteiger partial charge is 0.710 e. The summed E-state index contributed by atoms with van der Waals surface area (Å²) in [4.78, 5) is 36.7. The number of rotatable bonds is 14. The quantitative estimate of drug-likeness (QED) is 0.183. The fraction of sp³-hybridized carbons (Fsp3) is 0.389. The van der Waals surface area contributed by atoms with E-state index in [2.05, 4.69) is 26.3 Å². The molecule has 156 valence electrons. The van der Waals surface area contributed by atoms with E-state index >= 15 is 0 Å². The Morgan fingerprint density at radius 3 is 1.21 bits per heavy atom. The third-order valence-corrected chi connectivity index (χ3v) is 5.06. The average molecular weight is 414 g/mol. The smallest absolute Gasteiger partial charge is 0.487 e. The molecule has 0 bridgehead atoms. The van der Waals surface area contributed by atoms with Crippen LogP contribution in [0.1, 0.15) is 20.8 Å². The number of hydrogen-bond donors (Lipinski definition) is 0. The predicted octanol–water partition coefficient (Wildman–Crippen LogP) is 2.39. The molecule has 0 saturated heterocycles. The van der Waals surface area contributed by atoms with Crippen LogP contribution in [0.25, 0.3) is 0 Å². The van der Waals surface area contributed by atoms with Crippen LogP contribution in [-0.2, 0) is 41.9 Å². The zero-order chi connectivity index (χ0) is 21.7. The van der Waals surface area contributed by atoms with Crippen molar-refractivity contribution in [2.75, 3.05) is 19.8 Å². The lowest BCUT2D eigenvalue weighted by atomic mass is 10.6. The van der Waals surface area contributed by atoms with Crippen LogP contribution < -0.4 is 0 Å². The lowest BCUT2D eigenvalue weighted by molar-refractivity contribution is -0.150. The van der Waals surface area contributed by atoms with Crippen LogP contribution in [0.3, 0.4) is 0 Å². The molecule has 0 rings (SSSR count). The van der Waals surface area contributed by atoms with Crippen LogP contribution in [0.5, 0.6) is 0 Å². The summed E-state index contributed by atoms with van der Waals surface area (Å²) >= 11 is 0. The van der Waals surface area contributed by atoms with Gasteiger partial charge in [0.15, 0.2) is 17.3 Å². The van der Waals surface area contributed by atoms with Crippen LogP contribution in [0.4, 0.5) is 0 Å². The first-order valence-electron chi connectivity index (χ1n) is 8.42. The van der Waals surface area contributed by atoms with Crippen molar-refractivity contribution in [1.82, 2.24) is 0 Å². The zero-order valence-electron chi connectivity index (χ0n) is 16.4. The van der Waals surface area contributed by atoms with Crippen molar-refractivity contribution in [2.45, 2.75) is 26.8 Å². The molecule has 28 heavy (non-hydrogen) atoms. The first-order valence-corrected chi connectivity index (χ1v) is 10.3. The molecule has 0 aliphatic rings. The first kappa shape index (κ1) is 25.0. The SMILES string of the molecule is C=CC[Si](OC(=O)C(=C)OCC)(OC(=O)C(=C)OCC)OC(=O)C(=C)OCC. The minimum absolute atomic E-state index is 0.145. The van der Waals surface area contributed by atoms with E-state index in [9.17, 15) is 14.4 Å². The molecule has 0 heterocycles. The molecule has 0 atom stereocenters. The second-order valence-corrected chi connectivity index (χ2v) is 7.30. The number of hydrogen-bond acceptors (Lipinski definition) is 9. The van der Waals surface area contributed by atoms with Crippen LogP contribution in [0.2, 0.25) is 6.04 Å². The standard InChI is InChI=1S/C18H26O9Si/c1-8-12-28(25-16(19)13(5)22-9-2,26-17(20)14(6)23-10-3)27-18(21)15(7)24-11-4/h8H,1,5-7,9-12H2,2-4H3. The van der Waals surface area contributed by atoms with Crippen molar-refractivity contribution < 1.29 is 41.9 Å². The van der Waals surface area contributed by atoms with Gasteiger partial charge in [-0.2, -0.15) is 0 Å². The number of allylic oxidation sites excluding steroid dienone is 1. The minimum Gasteiger partial charge on any atom is -0.487 e. The molecule has 0 unspecified atom stereocenters. The van der Waals surface area contributed by atoms with E-state index in [0.717, 1.165) is 0 Å². The monoisotopic (exact) mass is 414 g/mol. The third-order valence-electron chi connectivity index (χ3n) is 2.78. The summed E-state index contributed by atoms with van der Waals surface area (Å²) in [7, 11) is -4.35. The summed E-state index contributed by atoms with van der Waals surface area (Å²) in [6.07, 6.45) is 1.26. The van der Waals surface area contributed by atoms with E-state index in [1.54, 1.807) is 20.8 Å². The molecule has 10 heteroatoms. The normalized spacial score (nSPS) is 10.1. The van der Waals surface area contributed by atoms with Gasteiger partial charge in [0.25, 0.3) is 0 Å². The van der Waals surface area contributed by atoms with Crippen LogP contribution >= 0.6 is 0 Å². The van der Waals surface area contributed by atoms with Crippen molar-refractivity contribution >= 4 is 26.7 Å². The Morgan fingerprint density at radius 1 is 0.714 bits per heavy atom. The fourth-order valence-corrected chi connectivity index (χ4v) is 3.58. The minimum atomic E-state index is -4.35. The maximum Gasteiger partial charge on any atom is 0.710 e. The molecular weight excluding hydrogens is 388 g/mol. The first-order chi connectivity index (χ1) is 13.2. The van der Waals surface area contributed by atoms with E-state index in [0.29, 0.717) is 0 Å². The van der Waals surface area contributed by atoms with Gasteiger partial charge < -0.3 is 27.5 Å². The summed E-state index contributed by atoms with van der Waals surface area (Å²) in [6, 6.07) is -0.283. The Labute approximate surface area is 165 Å². The van der Waals surface area contributed by atoms with Crippen molar-refractivity contribution in [3.8, 4) is 0 Å². The summed E-state index contributed by atoms with van der Waals surface area (Å²) in [5.41, 5.74) is 0. The molecule has 0 spiro atoms. The molecule has 0 aromatic heterocycles. The highest BCUT2D eigenvalue weighted by molar-refractivity contribution is 6.66. The van der Waals surface area contributed by atoms with E-state index in [-0.39, 0.29) is 43.1 Å². The number of carbonyl (C=O) groups excluding carboxylic acids is 3. The molecule has 9 nitrogen and oxygen atoms in total. The summed E-state index contributed by atoms with van der Waals surface area (Å²) < 4.78 is 30.6. The van der Waals surface area contributed by atoms with E-state index in [1.165, 1.54) is 6.08 Å². The summed E-state index contributed by atoms with van der Waals surface area (Å²) in [5.74, 6) is -4.28. The van der Waals surface area contributed by atoms with Gasteiger partial charge in [-0.15, -0.1) is 6.58 Å². The van der Waals surface area contributed by atoms with E-state index in [1.807, 2.05) is 0 Å². The second kappa shape index (κ2) is 12.4. The highest BCUT2D eigenvalue weighted by Crippen LogP contribution is 2.22. The molecular formula is C18H26O9Si. The van der Waals surface area contributed by atoms with Gasteiger partial charge >= 0.3 is 26.7 Å². The Kier molecular flexibility index (Phi) is 11.1. The number of ether oxygens (including phenoxy) is 3.